The van der Waals surface area contributed by atoms with Gasteiger partial charge in [0.1, 0.15) is 0 Å². The molecular formula is C13H23N3O6PtS+2. The van der Waals surface area contributed by atoms with Crippen LogP contribution >= 0.6 is 0 Å². The number of hydrogen-bond acceptors (Lipinski definition) is 8. The van der Waals surface area contributed by atoms with Gasteiger partial charge in [0.25, 0.3) is 0 Å². The van der Waals surface area contributed by atoms with Gasteiger partial charge >= 0.3 is 27.0 Å². The minimum atomic E-state index is -5.17. The fraction of sp³-hybridized carbons (Fsp3) is 0.615. The number of aliphatic carboxylic acids is 1. The van der Waals surface area contributed by atoms with Crippen molar-refractivity contribution in [3.05, 3.63) is 23.9 Å². The van der Waals surface area contributed by atoms with Crippen LogP contribution in [0.3, 0.4) is 0 Å². The zero-order valence-corrected chi connectivity index (χ0v) is 16.3. The average Bonchev–Trinajstić information content (AvgIpc) is 2.41. The second-order valence-electron chi connectivity index (χ2n) is 5.27. The Morgan fingerprint density at radius 2 is 1.67 bits per heavy atom. The first-order chi connectivity index (χ1) is 10.5. The third-order valence-corrected chi connectivity index (χ3v) is 3.21. The normalized spacial score (nSPS) is 22.7. The zero-order valence-electron chi connectivity index (χ0n) is 13.2. The summed E-state index contributed by atoms with van der Waals surface area (Å²) >= 11 is 0. The van der Waals surface area contributed by atoms with Crippen molar-refractivity contribution in [2.75, 3.05) is 13.6 Å². The van der Waals surface area contributed by atoms with E-state index >= 15 is 0 Å². The van der Waals surface area contributed by atoms with E-state index in [2.05, 4.69) is 0 Å². The summed E-state index contributed by atoms with van der Waals surface area (Å²) in [5.41, 5.74) is 11.7. The predicted molar refractivity (Wildman–Crippen MR) is 82.4 cm³/mol. The monoisotopic (exact) mass is 544 g/mol. The van der Waals surface area contributed by atoms with Gasteiger partial charge in [-0.25, -0.2) is 4.79 Å². The van der Waals surface area contributed by atoms with Crippen LogP contribution in [0.1, 0.15) is 25.7 Å². The van der Waals surface area contributed by atoms with Crippen molar-refractivity contribution in [3.63, 3.8) is 0 Å². The van der Waals surface area contributed by atoms with E-state index in [4.69, 9.17) is 34.1 Å². The molecule has 9 nitrogen and oxygen atoms in total. The van der Waals surface area contributed by atoms with Crippen LogP contribution in [-0.2, 0) is 36.3 Å². The molecule has 0 aromatic rings. The maximum atomic E-state index is 10.4. The van der Waals surface area contributed by atoms with Crippen molar-refractivity contribution < 1.29 is 48.5 Å². The van der Waals surface area contributed by atoms with E-state index < -0.39 is 16.4 Å². The van der Waals surface area contributed by atoms with Crippen LogP contribution in [0.2, 0.25) is 0 Å². The number of likely N-dealkylation sites (N-methyl/N-ethyl adjacent to an activating group) is 1. The molecule has 2 aliphatic rings. The summed E-state index contributed by atoms with van der Waals surface area (Å²) in [5.74, 6) is -0.837. The summed E-state index contributed by atoms with van der Waals surface area (Å²) < 4.78 is 34.1. The van der Waals surface area contributed by atoms with Gasteiger partial charge in [-0.05, 0) is 31.2 Å². The standard InChI is InChI=1S/C7H9NO2.C6H14N2.H2O4S.Pt/c1-8-4-2-3-6(5-8)7(9)10;7-5-3-1-2-4-6(5)8;1-5(2,3)4;/h2-4H,5H2,1H3,(H,9,10);5-6H,1-4,7-8H2;(H2,1,2,3,4);/q;;;+4/p-2/t;5-,6-;;/m.1../s1. The third-order valence-electron chi connectivity index (χ3n) is 3.21. The van der Waals surface area contributed by atoms with Crippen molar-refractivity contribution in [2.24, 2.45) is 11.5 Å². The number of carboxylic acid groups (broad SMARTS) is 1. The minimum absolute atomic E-state index is 0. The molecule has 140 valence electrons. The second-order valence-corrected chi connectivity index (χ2v) is 6.09. The maximum absolute atomic E-state index is 10.4. The molecular weight excluding hydrogens is 521 g/mol. The number of nitrogens with two attached hydrogens (primary N) is 2. The van der Waals surface area contributed by atoms with Crippen molar-refractivity contribution in [1.29, 1.82) is 0 Å². The first-order valence-corrected chi connectivity index (χ1v) is 8.32. The molecule has 0 aromatic carbocycles. The van der Waals surface area contributed by atoms with Gasteiger partial charge in [0, 0.05) is 36.1 Å². The summed E-state index contributed by atoms with van der Waals surface area (Å²) in [6, 6.07) is 0.562. The SMILES string of the molecule is CN1C=CC=C(C(=O)O)C1.N[C@@H]1CCCC[C@H]1N.O=S(=O)([O-])[O-].[Pt+4]. The Kier molecular flexibility index (Phi) is 13.3. The zero-order chi connectivity index (χ0) is 18.0. The van der Waals surface area contributed by atoms with Crippen LogP contribution in [0, 0.1) is 0 Å². The van der Waals surface area contributed by atoms with E-state index in [-0.39, 0.29) is 33.1 Å². The largest absolute Gasteiger partial charge is 4.00 e. The Morgan fingerprint density at radius 3 is 1.92 bits per heavy atom. The average molecular weight is 544 g/mol. The smallest absolute Gasteiger partial charge is 0.759 e. The Morgan fingerprint density at radius 1 is 1.25 bits per heavy atom. The van der Waals surface area contributed by atoms with Crippen LogP contribution in [0.15, 0.2) is 23.9 Å². The van der Waals surface area contributed by atoms with E-state index in [1.165, 1.54) is 12.8 Å². The third kappa shape index (κ3) is 14.8. The first-order valence-electron chi connectivity index (χ1n) is 6.99. The van der Waals surface area contributed by atoms with Gasteiger partial charge in [-0.1, -0.05) is 12.8 Å². The molecule has 1 fully saturated rings. The number of hydrogen-bond donors (Lipinski definition) is 3. The maximum Gasteiger partial charge on any atom is 4.00 e. The molecule has 1 aliphatic carbocycles. The van der Waals surface area contributed by atoms with Crippen molar-refractivity contribution in [3.8, 4) is 0 Å². The van der Waals surface area contributed by atoms with Gasteiger partial charge in [0.05, 0.1) is 5.57 Å². The number of carbonyl (C=O) groups is 1. The van der Waals surface area contributed by atoms with Crippen molar-refractivity contribution in [1.82, 2.24) is 4.90 Å². The molecule has 0 amide bonds. The molecule has 11 heteroatoms. The second kappa shape index (κ2) is 12.6. The van der Waals surface area contributed by atoms with Gasteiger partial charge < -0.3 is 30.6 Å². The van der Waals surface area contributed by atoms with Crippen LogP contribution in [0.25, 0.3) is 0 Å². The fourth-order valence-corrected chi connectivity index (χ4v) is 2.01. The minimum Gasteiger partial charge on any atom is -0.759 e. The Labute approximate surface area is 156 Å². The Bertz CT molecular complexity index is 520. The summed E-state index contributed by atoms with van der Waals surface area (Å²) in [6.45, 7) is 0.492. The molecule has 0 bridgehead atoms. The Balaban J connectivity index is 0. The molecule has 2 atom stereocenters. The number of nitrogens with zero attached hydrogens (tertiary/aromatic N) is 1. The van der Waals surface area contributed by atoms with E-state index in [1.54, 1.807) is 12.2 Å². The van der Waals surface area contributed by atoms with Crippen LogP contribution in [-0.4, -0.2) is 59.2 Å². The van der Waals surface area contributed by atoms with Crippen LogP contribution in [0.4, 0.5) is 0 Å². The summed E-state index contributed by atoms with van der Waals surface area (Å²) in [5, 5.41) is 8.53. The number of rotatable bonds is 1. The van der Waals surface area contributed by atoms with Gasteiger partial charge in [-0.3, -0.25) is 8.42 Å². The molecule has 24 heavy (non-hydrogen) atoms. The number of carboxylic acids is 1. The van der Waals surface area contributed by atoms with E-state index in [0.717, 1.165) is 12.8 Å². The number of allylic oxidation sites excluding steroid dienone is 2. The Hall–Kier alpha value is -0.772. The first kappa shape index (κ1) is 25.5. The molecule has 2 rings (SSSR count). The molecule has 0 aromatic heterocycles. The molecule has 1 heterocycles. The molecule has 0 radical (unpaired) electrons. The molecule has 5 N–H and O–H groups in total. The molecule has 1 aliphatic heterocycles. The van der Waals surface area contributed by atoms with E-state index in [1.807, 2.05) is 18.1 Å². The fourth-order valence-electron chi connectivity index (χ4n) is 2.01. The van der Waals surface area contributed by atoms with Gasteiger partial charge in [-0.2, -0.15) is 0 Å². The summed E-state index contributed by atoms with van der Waals surface area (Å²) in [7, 11) is -3.33. The van der Waals surface area contributed by atoms with Crippen molar-refractivity contribution in [2.45, 2.75) is 37.8 Å². The summed E-state index contributed by atoms with van der Waals surface area (Å²) in [6.07, 6.45) is 9.98. The molecule has 0 unspecified atom stereocenters. The van der Waals surface area contributed by atoms with Crippen LogP contribution < -0.4 is 11.5 Å². The van der Waals surface area contributed by atoms with E-state index in [9.17, 15) is 4.79 Å². The van der Waals surface area contributed by atoms with E-state index in [0.29, 0.717) is 12.1 Å². The van der Waals surface area contributed by atoms with Crippen molar-refractivity contribution >= 4 is 16.4 Å². The molecule has 0 saturated heterocycles. The quantitative estimate of drug-likeness (QED) is 0.286. The van der Waals surface area contributed by atoms with Crippen LogP contribution in [0.5, 0.6) is 0 Å². The topological polar surface area (TPSA) is 173 Å². The van der Waals surface area contributed by atoms with Gasteiger partial charge in [0.15, 0.2) is 0 Å². The van der Waals surface area contributed by atoms with Gasteiger partial charge in [0.2, 0.25) is 0 Å². The predicted octanol–water partition coefficient (Wildman–Crippen LogP) is -0.669. The van der Waals surface area contributed by atoms with Gasteiger partial charge in [-0.15, -0.1) is 0 Å². The molecule has 1 saturated carbocycles. The summed E-state index contributed by atoms with van der Waals surface area (Å²) in [4.78, 5) is 12.2. The molecule has 0 spiro atoms.